The molecule has 152 valence electrons. The largest absolute Gasteiger partial charge is 0.461 e. The van der Waals surface area contributed by atoms with Crippen molar-refractivity contribution in [1.82, 2.24) is 4.72 Å². The fraction of sp³-hybridized carbons (Fsp3) is 0.238. The summed E-state index contributed by atoms with van der Waals surface area (Å²) in [5.74, 6) is -0.578. The van der Waals surface area contributed by atoms with Crippen LogP contribution in [0.25, 0.3) is 11.0 Å². The highest BCUT2D eigenvalue weighted by atomic mass is 32.2. The van der Waals surface area contributed by atoms with Crippen molar-refractivity contribution in [1.29, 1.82) is 0 Å². The van der Waals surface area contributed by atoms with Crippen LogP contribution in [0.15, 0.2) is 62.6 Å². The molecule has 8 heteroatoms. The molecular formula is C21H21NO6S. The zero-order valence-corrected chi connectivity index (χ0v) is 16.9. The minimum atomic E-state index is -3.68. The molecule has 3 rings (SSSR count). The van der Waals surface area contributed by atoms with Crippen LogP contribution in [-0.4, -0.2) is 20.9 Å². The van der Waals surface area contributed by atoms with Crippen molar-refractivity contribution in [3.63, 3.8) is 0 Å². The lowest BCUT2D eigenvalue weighted by molar-refractivity contribution is -0.144. The molecule has 29 heavy (non-hydrogen) atoms. The zero-order chi connectivity index (χ0) is 21.0. The van der Waals surface area contributed by atoms with Crippen LogP contribution in [0.5, 0.6) is 0 Å². The lowest BCUT2D eigenvalue weighted by Crippen LogP contribution is -2.26. The zero-order valence-electron chi connectivity index (χ0n) is 16.1. The van der Waals surface area contributed by atoms with Crippen LogP contribution in [0.2, 0.25) is 0 Å². The Morgan fingerprint density at radius 3 is 2.55 bits per heavy atom. The Labute approximate surface area is 168 Å². The molecule has 1 N–H and O–H groups in total. The molecule has 0 fully saturated rings. The highest BCUT2D eigenvalue weighted by Crippen LogP contribution is 2.23. The Kier molecular flexibility index (Phi) is 6.14. The number of hydrogen-bond acceptors (Lipinski definition) is 6. The van der Waals surface area contributed by atoms with Gasteiger partial charge in [0, 0.05) is 23.6 Å². The van der Waals surface area contributed by atoms with E-state index in [0.717, 1.165) is 11.1 Å². The summed E-state index contributed by atoms with van der Waals surface area (Å²) in [4.78, 5) is 24.0. The van der Waals surface area contributed by atoms with E-state index in [4.69, 9.17) is 9.15 Å². The number of aryl methyl sites for hydroxylation is 2. The Balaban J connectivity index is 1.62. The van der Waals surface area contributed by atoms with Crippen molar-refractivity contribution in [2.45, 2.75) is 31.8 Å². The maximum absolute atomic E-state index is 12.1. The van der Waals surface area contributed by atoms with Crippen LogP contribution >= 0.6 is 0 Å². The number of esters is 1. The Hall–Kier alpha value is -2.97. The quantitative estimate of drug-likeness (QED) is 0.470. The van der Waals surface area contributed by atoms with E-state index in [1.807, 2.05) is 26.0 Å². The predicted molar refractivity (Wildman–Crippen MR) is 108 cm³/mol. The molecule has 1 heterocycles. The molecule has 0 radical (unpaired) electrons. The van der Waals surface area contributed by atoms with Crippen LogP contribution < -0.4 is 10.3 Å². The first kappa shape index (κ1) is 20.8. The van der Waals surface area contributed by atoms with E-state index in [0.29, 0.717) is 16.5 Å². The monoisotopic (exact) mass is 415 g/mol. The van der Waals surface area contributed by atoms with Crippen molar-refractivity contribution in [2.24, 2.45) is 0 Å². The minimum absolute atomic E-state index is 0.0912. The molecule has 0 aliphatic carbocycles. The van der Waals surface area contributed by atoms with Crippen LogP contribution in [0.4, 0.5) is 0 Å². The summed E-state index contributed by atoms with van der Waals surface area (Å²) in [6.45, 7) is 3.58. The Morgan fingerprint density at radius 1 is 1.10 bits per heavy atom. The number of hydrogen-bond donors (Lipinski definition) is 1. The summed E-state index contributed by atoms with van der Waals surface area (Å²) in [5.41, 5.74) is 2.33. The molecular weight excluding hydrogens is 394 g/mol. The molecule has 0 spiro atoms. The molecule has 2 aromatic carbocycles. The highest BCUT2D eigenvalue weighted by molar-refractivity contribution is 7.89. The van der Waals surface area contributed by atoms with Gasteiger partial charge in [0.2, 0.25) is 10.0 Å². The van der Waals surface area contributed by atoms with Gasteiger partial charge in [0.05, 0.1) is 11.3 Å². The summed E-state index contributed by atoms with van der Waals surface area (Å²) in [7, 11) is -3.68. The van der Waals surface area contributed by atoms with E-state index in [-0.39, 0.29) is 24.5 Å². The van der Waals surface area contributed by atoms with E-state index in [2.05, 4.69) is 4.72 Å². The van der Waals surface area contributed by atoms with Crippen LogP contribution in [0.1, 0.15) is 23.1 Å². The summed E-state index contributed by atoms with van der Waals surface area (Å²) in [6, 6.07) is 12.9. The maximum Gasteiger partial charge on any atom is 0.336 e. The molecule has 0 amide bonds. The van der Waals surface area contributed by atoms with Crippen molar-refractivity contribution in [3.8, 4) is 0 Å². The van der Waals surface area contributed by atoms with E-state index < -0.39 is 21.6 Å². The van der Waals surface area contributed by atoms with Gasteiger partial charge in [-0.25, -0.2) is 17.9 Å². The van der Waals surface area contributed by atoms with Crippen LogP contribution in [0, 0.1) is 13.8 Å². The first-order chi connectivity index (χ1) is 13.8. The second-order valence-electron chi connectivity index (χ2n) is 6.60. The van der Waals surface area contributed by atoms with Gasteiger partial charge in [-0.1, -0.05) is 30.3 Å². The topological polar surface area (TPSA) is 103 Å². The number of carbonyl (C=O) groups excluding carboxylic acids is 1. The van der Waals surface area contributed by atoms with Gasteiger partial charge in [-0.15, -0.1) is 0 Å². The summed E-state index contributed by atoms with van der Waals surface area (Å²) >= 11 is 0. The highest BCUT2D eigenvalue weighted by Gasteiger charge is 2.15. The molecule has 0 saturated heterocycles. The van der Waals surface area contributed by atoms with Gasteiger partial charge < -0.3 is 9.15 Å². The molecule has 0 saturated carbocycles. The SMILES string of the molecule is Cc1ccc2c(COC(=O)CCNS(=O)(=O)c3ccccc3)cc(=O)oc2c1C. The van der Waals surface area contributed by atoms with Crippen molar-refractivity contribution in [3.05, 3.63) is 75.6 Å². The molecule has 0 aliphatic rings. The summed E-state index contributed by atoms with van der Waals surface area (Å²) < 4.78 is 37.1. The van der Waals surface area contributed by atoms with E-state index >= 15 is 0 Å². The van der Waals surface area contributed by atoms with Crippen LogP contribution in [-0.2, 0) is 26.2 Å². The first-order valence-electron chi connectivity index (χ1n) is 9.01. The average Bonchev–Trinajstić information content (AvgIpc) is 2.70. The number of nitrogens with one attached hydrogen (secondary N) is 1. The van der Waals surface area contributed by atoms with Gasteiger partial charge in [0.25, 0.3) is 0 Å². The number of fused-ring (bicyclic) bond motifs is 1. The van der Waals surface area contributed by atoms with Crippen LogP contribution in [0.3, 0.4) is 0 Å². The van der Waals surface area contributed by atoms with Gasteiger partial charge in [0.15, 0.2) is 0 Å². The average molecular weight is 415 g/mol. The van der Waals surface area contributed by atoms with E-state index in [1.54, 1.807) is 18.2 Å². The fourth-order valence-corrected chi connectivity index (χ4v) is 3.90. The number of sulfonamides is 1. The van der Waals surface area contributed by atoms with E-state index in [9.17, 15) is 18.0 Å². The fourth-order valence-electron chi connectivity index (χ4n) is 2.84. The predicted octanol–water partition coefficient (Wildman–Crippen LogP) is 2.82. The van der Waals surface area contributed by atoms with E-state index in [1.165, 1.54) is 18.2 Å². The van der Waals surface area contributed by atoms with Crippen molar-refractivity contribution < 1.29 is 22.4 Å². The van der Waals surface area contributed by atoms with Gasteiger partial charge >= 0.3 is 11.6 Å². The second-order valence-corrected chi connectivity index (χ2v) is 8.36. The number of ether oxygens (including phenoxy) is 1. The third-order valence-electron chi connectivity index (χ3n) is 4.58. The molecule has 0 aliphatic heterocycles. The molecule has 7 nitrogen and oxygen atoms in total. The lowest BCUT2D eigenvalue weighted by atomic mass is 10.0. The smallest absolute Gasteiger partial charge is 0.336 e. The second kappa shape index (κ2) is 8.59. The molecule has 3 aromatic rings. The van der Waals surface area contributed by atoms with Gasteiger partial charge in [-0.05, 0) is 37.1 Å². The number of benzene rings is 2. The number of carbonyl (C=O) groups is 1. The van der Waals surface area contributed by atoms with Gasteiger partial charge in [0.1, 0.15) is 12.2 Å². The van der Waals surface area contributed by atoms with Crippen molar-refractivity contribution >= 4 is 27.0 Å². The Bertz CT molecular complexity index is 1200. The first-order valence-corrected chi connectivity index (χ1v) is 10.5. The van der Waals surface area contributed by atoms with Crippen molar-refractivity contribution in [2.75, 3.05) is 6.54 Å². The van der Waals surface area contributed by atoms with Gasteiger partial charge in [-0.2, -0.15) is 0 Å². The molecule has 0 unspecified atom stereocenters. The summed E-state index contributed by atoms with van der Waals surface area (Å²) in [5, 5.41) is 0.699. The molecule has 0 bridgehead atoms. The third-order valence-corrected chi connectivity index (χ3v) is 6.06. The molecule has 1 aromatic heterocycles. The van der Waals surface area contributed by atoms with Gasteiger partial charge in [-0.3, -0.25) is 4.79 Å². The minimum Gasteiger partial charge on any atom is -0.461 e. The summed E-state index contributed by atoms with van der Waals surface area (Å²) in [6.07, 6.45) is -0.135. The Morgan fingerprint density at radius 2 is 1.83 bits per heavy atom. The maximum atomic E-state index is 12.1. The number of rotatable bonds is 7. The standard InChI is InChI=1S/C21H21NO6S/c1-14-8-9-18-16(12-20(24)28-21(18)15(14)2)13-27-19(23)10-11-22-29(25,26)17-6-4-3-5-7-17/h3-9,12,22H,10-11,13H2,1-2H3. The normalized spacial score (nSPS) is 11.5. The molecule has 0 atom stereocenters. The lowest BCUT2D eigenvalue weighted by Gasteiger charge is -2.10. The third kappa shape index (κ3) is 4.90.